The highest BCUT2D eigenvalue weighted by molar-refractivity contribution is 6.02. The molecule has 0 fully saturated rings. The Morgan fingerprint density at radius 3 is 2.54 bits per heavy atom. The van der Waals surface area contributed by atoms with Gasteiger partial charge in [0.15, 0.2) is 5.69 Å². The van der Waals surface area contributed by atoms with Crippen LogP contribution in [-0.2, 0) is 0 Å². The van der Waals surface area contributed by atoms with E-state index in [1.54, 1.807) is 44.4 Å². The van der Waals surface area contributed by atoms with Crippen molar-refractivity contribution in [2.75, 3.05) is 19.0 Å². The molecule has 0 atom stereocenters. The minimum atomic E-state index is -0.819. The maximum Gasteiger partial charge on any atom is 0.280 e. The summed E-state index contributed by atoms with van der Waals surface area (Å²) in [4.78, 5) is 24.9. The first-order valence-corrected chi connectivity index (χ1v) is 8.51. The molecule has 1 heterocycles. The van der Waals surface area contributed by atoms with Crippen LogP contribution in [0.25, 0.3) is 5.69 Å². The van der Waals surface area contributed by atoms with Gasteiger partial charge in [-0.3, -0.25) is 9.59 Å². The fraction of sp³-hybridized carbons (Fsp3) is 0.150. The van der Waals surface area contributed by atoms with Crippen molar-refractivity contribution in [3.63, 3.8) is 0 Å². The molecule has 2 aromatic carbocycles. The van der Waals surface area contributed by atoms with Crippen LogP contribution in [0.2, 0.25) is 0 Å². The third kappa shape index (κ3) is 4.01. The van der Waals surface area contributed by atoms with Gasteiger partial charge in [-0.05, 0) is 43.3 Å². The first kappa shape index (κ1) is 19.1. The molecule has 0 radical (unpaired) electrons. The second-order valence-electron chi connectivity index (χ2n) is 5.67. The Labute approximate surface area is 160 Å². The highest BCUT2D eigenvalue weighted by atomic mass is 19.1. The van der Waals surface area contributed by atoms with Crippen molar-refractivity contribution < 1.29 is 18.7 Å². The summed E-state index contributed by atoms with van der Waals surface area (Å²) < 4.78 is 25.7. The maximum absolute atomic E-state index is 13.8. The number of para-hydroxylation sites is 1. The molecule has 0 bridgehead atoms. The van der Waals surface area contributed by atoms with Crippen LogP contribution in [0, 0.1) is 5.82 Å². The predicted octanol–water partition coefficient (Wildman–Crippen LogP) is 3.03. The lowest BCUT2D eigenvalue weighted by atomic mass is 10.2. The third-order valence-corrected chi connectivity index (χ3v) is 3.84. The molecular formula is C20H18FN3O4. The molecule has 1 aromatic heterocycles. The molecule has 1 N–H and O–H groups in total. The molecule has 0 aliphatic rings. The Morgan fingerprint density at radius 2 is 1.89 bits per heavy atom. The minimum Gasteiger partial charge on any atom is -0.497 e. The molecule has 3 rings (SSSR count). The Hall–Kier alpha value is -3.68. The molecule has 0 saturated carbocycles. The van der Waals surface area contributed by atoms with E-state index in [9.17, 15) is 14.0 Å². The van der Waals surface area contributed by atoms with Gasteiger partial charge in [0.1, 0.15) is 11.6 Å². The number of hydrogen-bond acceptors (Lipinski definition) is 5. The second-order valence-corrected chi connectivity index (χ2v) is 5.67. The van der Waals surface area contributed by atoms with Gasteiger partial charge in [0.25, 0.3) is 5.91 Å². The summed E-state index contributed by atoms with van der Waals surface area (Å²) >= 11 is 0. The Balaban J connectivity index is 2.03. The van der Waals surface area contributed by atoms with Crippen LogP contribution >= 0.6 is 0 Å². The number of rotatable bonds is 6. The summed E-state index contributed by atoms with van der Waals surface area (Å²) in [6.45, 7) is 2.07. The van der Waals surface area contributed by atoms with Crippen molar-refractivity contribution in [2.45, 2.75) is 6.92 Å². The molecule has 0 saturated heterocycles. The molecule has 28 heavy (non-hydrogen) atoms. The van der Waals surface area contributed by atoms with Crippen molar-refractivity contribution in [1.29, 1.82) is 0 Å². The number of methoxy groups -OCH3 is 1. The van der Waals surface area contributed by atoms with Crippen molar-refractivity contribution >= 4 is 11.6 Å². The molecule has 3 aromatic rings. The van der Waals surface area contributed by atoms with Crippen LogP contribution in [0.4, 0.5) is 10.1 Å². The van der Waals surface area contributed by atoms with Crippen LogP contribution in [0.15, 0.2) is 59.4 Å². The quantitative estimate of drug-likeness (QED) is 0.708. The third-order valence-electron chi connectivity index (χ3n) is 3.84. The Morgan fingerprint density at radius 1 is 1.18 bits per heavy atom. The normalized spacial score (nSPS) is 10.4. The molecule has 144 valence electrons. The van der Waals surface area contributed by atoms with Crippen LogP contribution in [0.5, 0.6) is 11.6 Å². The number of ether oxygens (including phenoxy) is 2. The van der Waals surface area contributed by atoms with Gasteiger partial charge in [-0.2, -0.15) is 5.10 Å². The van der Waals surface area contributed by atoms with E-state index < -0.39 is 17.2 Å². The number of anilines is 1. The molecule has 0 aliphatic heterocycles. The lowest BCUT2D eigenvalue weighted by molar-refractivity contribution is 0.101. The number of halogens is 1. The van der Waals surface area contributed by atoms with E-state index in [2.05, 4.69) is 10.4 Å². The van der Waals surface area contributed by atoms with E-state index in [1.807, 2.05) is 0 Å². The first-order valence-electron chi connectivity index (χ1n) is 8.51. The van der Waals surface area contributed by atoms with Gasteiger partial charge in [-0.15, -0.1) is 0 Å². The SMILES string of the molecule is CCOc1cc(=O)c(C(=O)Nc2ccccc2F)nn1-c1ccc(OC)cc1. The zero-order chi connectivity index (χ0) is 20.1. The second kappa shape index (κ2) is 8.34. The van der Waals surface area contributed by atoms with E-state index in [0.29, 0.717) is 18.0 Å². The predicted molar refractivity (Wildman–Crippen MR) is 102 cm³/mol. The average molecular weight is 383 g/mol. The molecule has 8 heteroatoms. The average Bonchev–Trinajstić information content (AvgIpc) is 2.70. The molecular weight excluding hydrogens is 365 g/mol. The van der Waals surface area contributed by atoms with Gasteiger partial charge in [0.05, 0.1) is 31.2 Å². The first-order chi connectivity index (χ1) is 13.5. The van der Waals surface area contributed by atoms with Crippen LogP contribution in [-0.4, -0.2) is 29.4 Å². The van der Waals surface area contributed by atoms with Gasteiger partial charge in [-0.25, -0.2) is 9.07 Å². The van der Waals surface area contributed by atoms with Crippen LogP contribution in [0.3, 0.4) is 0 Å². The molecule has 0 aliphatic carbocycles. The minimum absolute atomic E-state index is 0.0430. The van der Waals surface area contributed by atoms with Crippen LogP contribution < -0.4 is 20.2 Å². The molecule has 1 amide bonds. The van der Waals surface area contributed by atoms with Gasteiger partial charge in [0.2, 0.25) is 11.3 Å². The standard InChI is InChI=1S/C20H18FN3O4/c1-3-28-18-12-17(25)19(20(26)22-16-7-5-4-6-15(16)21)23-24(18)13-8-10-14(27-2)11-9-13/h4-12H,3H2,1-2H3,(H,22,26). The van der Waals surface area contributed by atoms with E-state index in [-0.39, 0.29) is 17.3 Å². The summed E-state index contributed by atoms with van der Waals surface area (Å²) in [5, 5.41) is 6.51. The lowest BCUT2D eigenvalue weighted by Gasteiger charge is -2.14. The smallest absolute Gasteiger partial charge is 0.280 e. The van der Waals surface area contributed by atoms with Crippen molar-refractivity contribution in [2.24, 2.45) is 0 Å². The maximum atomic E-state index is 13.8. The van der Waals surface area contributed by atoms with Crippen molar-refractivity contribution in [3.8, 4) is 17.3 Å². The summed E-state index contributed by atoms with van der Waals surface area (Å²) in [5.74, 6) is -0.613. The lowest BCUT2D eigenvalue weighted by Crippen LogP contribution is -2.27. The number of hydrogen-bond donors (Lipinski definition) is 1. The Bertz CT molecular complexity index is 1050. The van der Waals surface area contributed by atoms with Crippen molar-refractivity contribution in [3.05, 3.63) is 76.3 Å². The monoisotopic (exact) mass is 383 g/mol. The molecule has 7 nitrogen and oxygen atoms in total. The van der Waals surface area contributed by atoms with Gasteiger partial charge < -0.3 is 14.8 Å². The zero-order valence-corrected chi connectivity index (χ0v) is 15.3. The fourth-order valence-electron chi connectivity index (χ4n) is 2.50. The summed E-state index contributed by atoms with van der Waals surface area (Å²) in [7, 11) is 1.55. The van der Waals surface area contributed by atoms with E-state index in [0.717, 1.165) is 0 Å². The summed E-state index contributed by atoms with van der Waals surface area (Å²) in [5.41, 5.74) is -0.507. The summed E-state index contributed by atoms with van der Waals surface area (Å²) in [6.07, 6.45) is 0. The number of amides is 1. The topological polar surface area (TPSA) is 82.5 Å². The molecule has 0 unspecified atom stereocenters. The van der Waals surface area contributed by atoms with Gasteiger partial charge in [0, 0.05) is 0 Å². The number of benzene rings is 2. The van der Waals surface area contributed by atoms with E-state index in [1.165, 1.54) is 28.9 Å². The Kier molecular flexibility index (Phi) is 5.69. The van der Waals surface area contributed by atoms with Crippen LogP contribution in [0.1, 0.15) is 17.4 Å². The highest BCUT2D eigenvalue weighted by Gasteiger charge is 2.18. The number of carbonyl (C=O) groups is 1. The van der Waals surface area contributed by atoms with E-state index in [4.69, 9.17) is 9.47 Å². The molecule has 0 spiro atoms. The number of aromatic nitrogens is 2. The fourth-order valence-corrected chi connectivity index (χ4v) is 2.50. The zero-order valence-electron chi connectivity index (χ0n) is 15.3. The van der Waals surface area contributed by atoms with Gasteiger partial charge in [-0.1, -0.05) is 12.1 Å². The van der Waals surface area contributed by atoms with E-state index >= 15 is 0 Å². The van der Waals surface area contributed by atoms with Gasteiger partial charge >= 0.3 is 0 Å². The number of nitrogens with one attached hydrogen (secondary N) is 1. The summed E-state index contributed by atoms with van der Waals surface area (Å²) in [6, 6.07) is 13.7. The van der Waals surface area contributed by atoms with Crippen molar-refractivity contribution in [1.82, 2.24) is 9.78 Å². The number of nitrogens with zero attached hydrogens (tertiary/aromatic N) is 2. The number of carbonyl (C=O) groups excluding carboxylic acids is 1. The largest absolute Gasteiger partial charge is 0.497 e. The highest BCUT2D eigenvalue weighted by Crippen LogP contribution is 2.19.